The van der Waals surface area contributed by atoms with Gasteiger partial charge in [-0.05, 0) is 37.1 Å². The van der Waals surface area contributed by atoms with Crippen LogP contribution in [0, 0.1) is 0 Å². The minimum Gasteiger partial charge on any atom is -0.484 e. The Kier molecular flexibility index (Phi) is 6.75. The zero-order valence-corrected chi connectivity index (χ0v) is 18.0. The van der Waals surface area contributed by atoms with Gasteiger partial charge >= 0.3 is 0 Å². The van der Waals surface area contributed by atoms with Crippen molar-refractivity contribution in [2.75, 3.05) is 25.0 Å². The lowest BCUT2D eigenvalue weighted by molar-refractivity contribution is -0.134. The van der Waals surface area contributed by atoms with Gasteiger partial charge in [0, 0.05) is 49.6 Å². The SMILES string of the molecule is CC(=O)Nc1cccc(-c2nccnc2[C@H]2CCCN(C(=O)COc3ccccc3)C2)c1. The molecule has 1 aliphatic rings. The number of nitrogens with zero attached hydrogens (tertiary/aromatic N) is 3. The number of anilines is 1. The van der Waals surface area contributed by atoms with Crippen LogP contribution in [0.3, 0.4) is 0 Å². The fraction of sp³-hybridized carbons (Fsp3) is 0.280. The first-order chi connectivity index (χ1) is 15.6. The minimum atomic E-state index is -0.124. The number of rotatable bonds is 6. The van der Waals surface area contributed by atoms with Crippen LogP contribution in [0.1, 0.15) is 31.4 Å². The van der Waals surface area contributed by atoms with Crippen molar-refractivity contribution >= 4 is 17.5 Å². The van der Waals surface area contributed by atoms with Gasteiger partial charge in [0.25, 0.3) is 5.91 Å². The molecule has 1 aliphatic heterocycles. The molecule has 1 N–H and O–H groups in total. The van der Waals surface area contributed by atoms with Crippen molar-refractivity contribution in [2.45, 2.75) is 25.7 Å². The van der Waals surface area contributed by atoms with E-state index in [-0.39, 0.29) is 24.3 Å². The zero-order valence-electron chi connectivity index (χ0n) is 18.0. The second-order valence-corrected chi connectivity index (χ2v) is 7.83. The van der Waals surface area contributed by atoms with Crippen molar-refractivity contribution in [3.05, 3.63) is 72.7 Å². The molecule has 0 bridgehead atoms. The monoisotopic (exact) mass is 430 g/mol. The van der Waals surface area contributed by atoms with Crippen molar-refractivity contribution in [3.8, 4) is 17.0 Å². The first-order valence-corrected chi connectivity index (χ1v) is 10.7. The van der Waals surface area contributed by atoms with E-state index < -0.39 is 0 Å². The van der Waals surface area contributed by atoms with Gasteiger partial charge in [0.1, 0.15) is 5.75 Å². The van der Waals surface area contributed by atoms with Crippen molar-refractivity contribution < 1.29 is 14.3 Å². The molecule has 1 saturated heterocycles. The Balaban J connectivity index is 1.49. The second-order valence-electron chi connectivity index (χ2n) is 7.83. The predicted octanol–water partition coefficient (Wildman–Crippen LogP) is 3.89. The molecule has 1 atom stereocenters. The minimum absolute atomic E-state index is 0.0167. The van der Waals surface area contributed by atoms with Crippen molar-refractivity contribution in [3.63, 3.8) is 0 Å². The molecule has 0 aliphatic carbocycles. The quantitative estimate of drug-likeness (QED) is 0.641. The summed E-state index contributed by atoms with van der Waals surface area (Å²) < 4.78 is 5.65. The van der Waals surface area contributed by atoms with Crippen LogP contribution in [0.4, 0.5) is 5.69 Å². The number of ether oxygens (including phenoxy) is 1. The highest BCUT2D eigenvalue weighted by Crippen LogP contribution is 2.32. The fourth-order valence-corrected chi connectivity index (χ4v) is 4.00. The summed E-state index contributed by atoms with van der Waals surface area (Å²) >= 11 is 0. The van der Waals surface area contributed by atoms with E-state index in [1.807, 2.05) is 59.5 Å². The number of amides is 2. The van der Waals surface area contributed by atoms with Gasteiger partial charge in [-0.2, -0.15) is 0 Å². The Morgan fingerprint density at radius 3 is 2.72 bits per heavy atom. The summed E-state index contributed by atoms with van der Waals surface area (Å²) in [4.78, 5) is 35.3. The number of carbonyl (C=O) groups excluding carboxylic acids is 2. The first-order valence-electron chi connectivity index (χ1n) is 10.7. The highest BCUT2D eigenvalue weighted by molar-refractivity contribution is 5.89. The van der Waals surface area contributed by atoms with Crippen molar-refractivity contribution in [1.29, 1.82) is 0 Å². The summed E-state index contributed by atoms with van der Waals surface area (Å²) in [5.41, 5.74) is 3.24. The lowest BCUT2D eigenvalue weighted by atomic mass is 9.91. The number of hydrogen-bond acceptors (Lipinski definition) is 5. The molecule has 7 nitrogen and oxygen atoms in total. The van der Waals surface area contributed by atoms with Crippen molar-refractivity contribution in [1.82, 2.24) is 14.9 Å². The lowest BCUT2D eigenvalue weighted by Crippen LogP contribution is -2.41. The standard InChI is InChI=1S/C25H26N4O3/c1-18(30)28-21-9-5-7-19(15-21)24-25(27-13-12-26-24)20-8-6-14-29(16-20)23(31)17-32-22-10-3-2-4-11-22/h2-5,7,9-13,15,20H,6,8,14,16-17H2,1H3,(H,28,30)/t20-/m0/s1. The van der Waals surface area contributed by atoms with Crippen LogP contribution >= 0.6 is 0 Å². The van der Waals surface area contributed by atoms with Gasteiger partial charge < -0.3 is 15.0 Å². The molecule has 1 fully saturated rings. The molecule has 32 heavy (non-hydrogen) atoms. The van der Waals surface area contributed by atoms with Crippen LogP contribution < -0.4 is 10.1 Å². The molecule has 0 spiro atoms. The second kappa shape index (κ2) is 10.0. The number of nitrogens with one attached hydrogen (secondary N) is 1. The topological polar surface area (TPSA) is 84.4 Å². The van der Waals surface area contributed by atoms with Gasteiger partial charge in [-0.1, -0.05) is 30.3 Å². The third-order valence-electron chi connectivity index (χ3n) is 5.45. The molecule has 2 heterocycles. The normalized spacial score (nSPS) is 15.8. The van der Waals surface area contributed by atoms with E-state index in [0.717, 1.165) is 29.8 Å². The number of benzene rings is 2. The van der Waals surface area contributed by atoms with Gasteiger partial charge in [-0.3, -0.25) is 19.6 Å². The number of hydrogen-bond donors (Lipinski definition) is 1. The van der Waals surface area contributed by atoms with Gasteiger partial charge in [-0.25, -0.2) is 0 Å². The maximum Gasteiger partial charge on any atom is 0.260 e. The van der Waals surface area contributed by atoms with E-state index in [9.17, 15) is 9.59 Å². The highest BCUT2D eigenvalue weighted by atomic mass is 16.5. The first kappa shape index (κ1) is 21.5. The molecular formula is C25H26N4O3. The predicted molar refractivity (Wildman–Crippen MR) is 122 cm³/mol. The van der Waals surface area contributed by atoms with Gasteiger partial charge in [0.15, 0.2) is 6.61 Å². The molecule has 7 heteroatoms. The number of aromatic nitrogens is 2. The van der Waals surface area contributed by atoms with Crippen LogP contribution in [0.25, 0.3) is 11.3 Å². The molecule has 1 aromatic heterocycles. The van der Waals surface area contributed by atoms with E-state index in [1.165, 1.54) is 6.92 Å². The molecular weight excluding hydrogens is 404 g/mol. The summed E-state index contributed by atoms with van der Waals surface area (Å²) in [6.07, 6.45) is 5.18. The third-order valence-corrected chi connectivity index (χ3v) is 5.45. The number of carbonyl (C=O) groups is 2. The third kappa shape index (κ3) is 5.29. The van der Waals surface area contributed by atoms with Crippen LogP contribution in [-0.2, 0) is 9.59 Å². The van der Waals surface area contributed by atoms with E-state index >= 15 is 0 Å². The summed E-state index contributed by atoms with van der Waals surface area (Å²) in [5.74, 6) is 0.611. The van der Waals surface area contributed by atoms with Gasteiger partial charge in [-0.15, -0.1) is 0 Å². The van der Waals surface area contributed by atoms with Crippen LogP contribution in [-0.4, -0.2) is 46.4 Å². The van der Waals surface area contributed by atoms with Gasteiger partial charge in [0.2, 0.25) is 5.91 Å². The van der Waals surface area contributed by atoms with E-state index in [1.54, 1.807) is 12.4 Å². The van der Waals surface area contributed by atoms with E-state index in [4.69, 9.17) is 4.74 Å². The van der Waals surface area contributed by atoms with Crippen LogP contribution in [0.2, 0.25) is 0 Å². The summed E-state index contributed by atoms with van der Waals surface area (Å²) in [5, 5.41) is 2.81. The lowest BCUT2D eigenvalue weighted by Gasteiger charge is -2.33. The summed E-state index contributed by atoms with van der Waals surface area (Å²) in [6.45, 7) is 2.79. The maximum atomic E-state index is 12.8. The number of likely N-dealkylation sites (tertiary alicyclic amines) is 1. The molecule has 2 amide bonds. The molecule has 4 rings (SSSR count). The maximum absolute atomic E-state index is 12.8. The molecule has 164 valence electrons. The molecule has 0 radical (unpaired) electrons. The molecule has 0 saturated carbocycles. The number of piperidine rings is 1. The smallest absolute Gasteiger partial charge is 0.260 e. The molecule has 3 aromatic rings. The van der Waals surface area contributed by atoms with Gasteiger partial charge in [0.05, 0.1) is 11.4 Å². The Morgan fingerprint density at radius 2 is 1.91 bits per heavy atom. The number of para-hydroxylation sites is 1. The zero-order chi connectivity index (χ0) is 22.3. The Bertz CT molecular complexity index is 1090. The Labute approximate surface area is 187 Å². The average molecular weight is 431 g/mol. The highest BCUT2D eigenvalue weighted by Gasteiger charge is 2.28. The largest absolute Gasteiger partial charge is 0.484 e. The van der Waals surface area contributed by atoms with E-state index in [2.05, 4.69) is 15.3 Å². The Morgan fingerprint density at radius 1 is 1.09 bits per heavy atom. The molecule has 0 unspecified atom stereocenters. The van der Waals surface area contributed by atoms with E-state index in [0.29, 0.717) is 24.5 Å². The van der Waals surface area contributed by atoms with Crippen LogP contribution in [0.15, 0.2) is 67.0 Å². The Hall–Kier alpha value is -3.74. The fourth-order valence-electron chi connectivity index (χ4n) is 4.00. The average Bonchev–Trinajstić information content (AvgIpc) is 2.83. The summed E-state index contributed by atoms with van der Waals surface area (Å²) in [7, 11) is 0. The summed E-state index contributed by atoms with van der Waals surface area (Å²) in [6, 6.07) is 16.9. The van der Waals surface area contributed by atoms with Crippen LogP contribution in [0.5, 0.6) is 5.75 Å². The van der Waals surface area contributed by atoms with Crippen molar-refractivity contribution in [2.24, 2.45) is 0 Å². The molecule has 2 aromatic carbocycles.